The van der Waals surface area contributed by atoms with E-state index in [2.05, 4.69) is 19.1 Å². The molecule has 0 spiro atoms. The van der Waals surface area contributed by atoms with Crippen molar-refractivity contribution in [3.05, 3.63) is 29.8 Å². The summed E-state index contributed by atoms with van der Waals surface area (Å²) < 4.78 is 5.11. The third-order valence-corrected chi connectivity index (χ3v) is 3.81. The lowest BCUT2D eigenvalue weighted by molar-refractivity contribution is -0.117. The highest BCUT2D eigenvalue weighted by Crippen LogP contribution is 2.19. The maximum Gasteiger partial charge on any atom is 0.130 e. The van der Waals surface area contributed by atoms with Crippen molar-refractivity contribution in [3.63, 3.8) is 0 Å². The lowest BCUT2D eigenvalue weighted by atomic mass is 10.1. The molecule has 0 aliphatic carbocycles. The molecule has 0 fully saturated rings. The maximum absolute atomic E-state index is 10.9. The summed E-state index contributed by atoms with van der Waals surface area (Å²) >= 11 is 1.88. The van der Waals surface area contributed by atoms with Gasteiger partial charge in [-0.25, -0.2) is 0 Å². The Bertz CT molecular complexity index is 346. The summed E-state index contributed by atoms with van der Waals surface area (Å²) in [7, 11) is 1.67. The van der Waals surface area contributed by atoms with Crippen molar-refractivity contribution in [3.8, 4) is 5.75 Å². The van der Waals surface area contributed by atoms with Gasteiger partial charge in [-0.1, -0.05) is 19.1 Å². The normalized spacial score (nSPS) is 12.2. The average Bonchev–Trinajstić information content (AvgIpc) is 2.29. The van der Waals surface area contributed by atoms with Crippen LogP contribution < -0.4 is 4.74 Å². The minimum atomic E-state index is 0.280. The molecule has 0 saturated heterocycles. The minimum absolute atomic E-state index is 0.280. The number of ketones is 1. The number of Topliss-reactive ketones (excluding diaryl/α,β-unsaturated/α-hetero) is 1. The van der Waals surface area contributed by atoms with Crippen molar-refractivity contribution in [2.75, 3.05) is 12.9 Å². The fraction of sp³-hybridized carbons (Fsp3) is 0.500. The zero-order valence-corrected chi connectivity index (χ0v) is 11.5. The zero-order valence-electron chi connectivity index (χ0n) is 10.7. The molecule has 0 radical (unpaired) electrons. The lowest BCUT2D eigenvalue weighted by Gasteiger charge is -2.09. The first-order chi connectivity index (χ1) is 8.11. The average molecular weight is 252 g/mol. The zero-order chi connectivity index (χ0) is 12.7. The predicted octanol–water partition coefficient (Wildman–Crippen LogP) is 3.54. The Morgan fingerprint density at radius 1 is 1.35 bits per heavy atom. The Labute approximate surface area is 108 Å². The second kappa shape index (κ2) is 7.38. The van der Waals surface area contributed by atoms with Crippen molar-refractivity contribution in [2.24, 2.45) is 5.92 Å². The molecule has 0 N–H and O–H groups in total. The molecule has 0 unspecified atom stereocenters. The van der Waals surface area contributed by atoms with Crippen LogP contribution in [0.4, 0.5) is 0 Å². The highest BCUT2D eigenvalue weighted by atomic mass is 32.2. The number of hydrogen-bond donors (Lipinski definition) is 0. The number of thioether (sulfide) groups is 1. The van der Waals surface area contributed by atoms with Gasteiger partial charge in [0.2, 0.25) is 0 Å². The predicted molar refractivity (Wildman–Crippen MR) is 73.6 cm³/mol. The molecule has 17 heavy (non-hydrogen) atoms. The van der Waals surface area contributed by atoms with Crippen LogP contribution in [-0.4, -0.2) is 18.6 Å². The van der Waals surface area contributed by atoms with E-state index < -0.39 is 0 Å². The second-order valence-corrected chi connectivity index (χ2v) is 5.40. The summed E-state index contributed by atoms with van der Waals surface area (Å²) in [5.41, 5.74) is 1.30. The molecule has 0 amide bonds. The molecule has 0 bridgehead atoms. The SMILES string of the molecule is COc1ccc(CSC[C@@H](C)CC(C)=O)cc1. The standard InChI is InChI=1S/C14H20O2S/c1-11(8-12(2)15)9-17-10-13-4-6-14(16-3)7-5-13/h4-7,11H,8-10H2,1-3H3/t11-/m0/s1. The van der Waals surface area contributed by atoms with Crippen LogP contribution in [0.5, 0.6) is 5.75 Å². The smallest absolute Gasteiger partial charge is 0.130 e. The van der Waals surface area contributed by atoms with E-state index in [4.69, 9.17) is 4.74 Å². The topological polar surface area (TPSA) is 26.3 Å². The molecule has 0 aliphatic heterocycles. The Balaban J connectivity index is 2.28. The highest BCUT2D eigenvalue weighted by molar-refractivity contribution is 7.98. The van der Waals surface area contributed by atoms with E-state index in [1.807, 2.05) is 23.9 Å². The summed E-state index contributed by atoms with van der Waals surface area (Å²) in [5.74, 6) is 3.67. The van der Waals surface area contributed by atoms with Gasteiger partial charge in [0.15, 0.2) is 0 Å². The monoisotopic (exact) mass is 252 g/mol. The van der Waals surface area contributed by atoms with E-state index in [0.29, 0.717) is 12.3 Å². The Kier molecular flexibility index (Phi) is 6.12. The molecule has 94 valence electrons. The second-order valence-electron chi connectivity index (χ2n) is 4.37. The van der Waals surface area contributed by atoms with Gasteiger partial charge in [-0.05, 0) is 36.3 Å². The third kappa shape index (κ3) is 5.78. The first-order valence-electron chi connectivity index (χ1n) is 5.82. The quantitative estimate of drug-likeness (QED) is 0.742. The summed E-state index contributed by atoms with van der Waals surface area (Å²) in [5, 5.41) is 0. The van der Waals surface area contributed by atoms with Gasteiger partial charge in [0, 0.05) is 12.2 Å². The van der Waals surface area contributed by atoms with Crippen molar-refractivity contribution < 1.29 is 9.53 Å². The number of carbonyl (C=O) groups is 1. The summed E-state index contributed by atoms with van der Waals surface area (Å²) in [6.45, 7) is 3.78. The van der Waals surface area contributed by atoms with Gasteiger partial charge in [-0.2, -0.15) is 11.8 Å². The fourth-order valence-electron chi connectivity index (χ4n) is 1.65. The molecule has 1 aromatic rings. The minimum Gasteiger partial charge on any atom is -0.497 e. The van der Waals surface area contributed by atoms with Crippen LogP contribution in [0, 0.1) is 5.92 Å². The van der Waals surface area contributed by atoms with Crippen LogP contribution in [-0.2, 0) is 10.5 Å². The van der Waals surface area contributed by atoms with Crippen molar-refractivity contribution in [1.29, 1.82) is 0 Å². The van der Waals surface area contributed by atoms with Crippen LogP contribution >= 0.6 is 11.8 Å². The van der Waals surface area contributed by atoms with Gasteiger partial charge >= 0.3 is 0 Å². The summed E-state index contributed by atoms with van der Waals surface area (Å²) in [6, 6.07) is 8.13. The molecule has 1 aromatic carbocycles. The Hall–Kier alpha value is -0.960. The van der Waals surface area contributed by atoms with Crippen LogP contribution in [0.15, 0.2) is 24.3 Å². The van der Waals surface area contributed by atoms with Crippen molar-refractivity contribution >= 4 is 17.5 Å². The van der Waals surface area contributed by atoms with Crippen LogP contribution in [0.1, 0.15) is 25.8 Å². The number of ether oxygens (including phenoxy) is 1. The van der Waals surface area contributed by atoms with E-state index in [0.717, 1.165) is 17.3 Å². The molecule has 0 aliphatic rings. The van der Waals surface area contributed by atoms with Gasteiger partial charge in [-0.15, -0.1) is 0 Å². The van der Waals surface area contributed by atoms with E-state index >= 15 is 0 Å². The molecule has 0 aromatic heterocycles. The summed E-state index contributed by atoms with van der Waals surface area (Å²) in [6.07, 6.45) is 0.690. The Morgan fingerprint density at radius 3 is 2.53 bits per heavy atom. The number of hydrogen-bond acceptors (Lipinski definition) is 3. The first kappa shape index (κ1) is 14.1. The van der Waals surface area contributed by atoms with Crippen LogP contribution in [0.25, 0.3) is 0 Å². The molecule has 3 heteroatoms. The third-order valence-electron chi connectivity index (χ3n) is 2.47. The number of benzene rings is 1. The van der Waals surface area contributed by atoms with Crippen LogP contribution in [0.3, 0.4) is 0 Å². The molecular weight excluding hydrogens is 232 g/mol. The van der Waals surface area contributed by atoms with Gasteiger partial charge in [0.25, 0.3) is 0 Å². The van der Waals surface area contributed by atoms with Gasteiger partial charge in [0.05, 0.1) is 7.11 Å². The summed E-state index contributed by atoms with van der Waals surface area (Å²) in [4.78, 5) is 10.9. The molecule has 1 atom stereocenters. The lowest BCUT2D eigenvalue weighted by Crippen LogP contribution is -2.04. The van der Waals surface area contributed by atoms with Gasteiger partial charge in [-0.3, -0.25) is 0 Å². The molecule has 2 nitrogen and oxygen atoms in total. The van der Waals surface area contributed by atoms with Crippen molar-refractivity contribution in [2.45, 2.75) is 26.0 Å². The number of rotatable bonds is 7. The molecule has 0 heterocycles. The van der Waals surface area contributed by atoms with E-state index in [9.17, 15) is 4.79 Å². The number of methoxy groups -OCH3 is 1. The van der Waals surface area contributed by atoms with Crippen LogP contribution in [0.2, 0.25) is 0 Å². The van der Waals surface area contributed by atoms with Crippen molar-refractivity contribution in [1.82, 2.24) is 0 Å². The Morgan fingerprint density at radius 2 is 2.00 bits per heavy atom. The van der Waals surface area contributed by atoms with Gasteiger partial charge in [0.1, 0.15) is 11.5 Å². The number of carbonyl (C=O) groups excluding carboxylic acids is 1. The van der Waals surface area contributed by atoms with E-state index in [-0.39, 0.29) is 5.78 Å². The molecular formula is C14H20O2S. The highest BCUT2D eigenvalue weighted by Gasteiger charge is 2.05. The maximum atomic E-state index is 10.9. The molecule has 1 rings (SSSR count). The van der Waals surface area contributed by atoms with Gasteiger partial charge < -0.3 is 9.53 Å². The first-order valence-corrected chi connectivity index (χ1v) is 6.97. The van der Waals surface area contributed by atoms with E-state index in [1.165, 1.54) is 5.56 Å². The molecule has 0 saturated carbocycles. The largest absolute Gasteiger partial charge is 0.497 e. The van der Waals surface area contributed by atoms with E-state index in [1.54, 1.807) is 14.0 Å². The fourth-order valence-corrected chi connectivity index (χ4v) is 2.72.